The van der Waals surface area contributed by atoms with E-state index in [4.69, 9.17) is 9.47 Å². The molecule has 0 aliphatic carbocycles. The van der Waals surface area contributed by atoms with E-state index in [1.807, 2.05) is 0 Å². The van der Waals surface area contributed by atoms with Gasteiger partial charge in [0.2, 0.25) is 0 Å². The van der Waals surface area contributed by atoms with Crippen LogP contribution in [0.3, 0.4) is 0 Å². The predicted molar refractivity (Wildman–Crippen MR) is 63.9 cm³/mol. The second-order valence-electron chi connectivity index (χ2n) is 4.22. The molecule has 0 spiro atoms. The first-order chi connectivity index (χ1) is 8.74. The zero-order valence-corrected chi connectivity index (χ0v) is 10.0. The average Bonchev–Trinajstić information content (AvgIpc) is 2.39. The van der Waals surface area contributed by atoms with Gasteiger partial charge in [0.05, 0.1) is 12.6 Å². The van der Waals surface area contributed by atoms with Crippen LogP contribution in [-0.2, 0) is 9.53 Å². The molecule has 1 heterocycles. The van der Waals surface area contributed by atoms with Crippen LogP contribution in [0.25, 0.3) is 0 Å². The number of nitrogens with one attached hydrogen (secondary N) is 1. The molecular weight excluding hydrogens is 237 g/mol. The number of carbonyl (C=O) groups is 1. The van der Waals surface area contributed by atoms with Crippen molar-refractivity contribution in [3.63, 3.8) is 0 Å². The summed E-state index contributed by atoms with van der Waals surface area (Å²) in [6, 6.07) is 5.64. The van der Waals surface area contributed by atoms with Crippen molar-refractivity contribution in [3.8, 4) is 5.75 Å². The Bertz CT molecular complexity index is 388. The molecule has 1 aromatic carbocycles. The summed E-state index contributed by atoms with van der Waals surface area (Å²) in [4.78, 5) is 11.6. The minimum Gasteiger partial charge on any atom is -0.484 e. The normalized spacial score (nSPS) is 19.3. The van der Waals surface area contributed by atoms with Gasteiger partial charge in [-0.05, 0) is 37.1 Å². The zero-order chi connectivity index (χ0) is 12.8. The number of hydrogen-bond donors (Lipinski definition) is 1. The van der Waals surface area contributed by atoms with Gasteiger partial charge in [0.25, 0.3) is 5.91 Å². The van der Waals surface area contributed by atoms with E-state index in [0.717, 1.165) is 19.4 Å². The second-order valence-corrected chi connectivity index (χ2v) is 4.22. The van der Waals surface area contributed by atoms with E-state index in [0.29, 0.717) is 12.4 Å². The first-order valence-electron chi connectivity index (χ1n) is 5.99. The van der Waals surface area contributed by atoms with Crippen LogP contribution >= 0.6 is 0 Å². The molecule has 1 atom stereocenters. The molecule has 18 heavy (non-hydrogen) atoms. The smallest absolute Gasteiger partial charge is 0.258 e. The summed E-state index contributed by atoms with van der Waals surface area (Å²) in [5.41, 5.74) is 0. The van der Waals surface area contributed by atoms with E-state index in [1.54, 1.807) is 0 Å². The second kappa shape index (κ2) is 6.35. The molecule has 1 aliphatic heterocycles. The average molecular weight is 253 g/mol. The number of hydrogen-bond acceptors (Lipinski definition) is 3. The van der Waals surface area contributed by atoms with Gasteiger partial charge in [-0.25, -0.2) is 4.39 Å². The third-order valence-corrected chi connectivity index (χ3v) is 2.71. The van der Waals surface area contributed by atoms with E-state index in [-0.39, 0.29) is 24.4 Å². The highest BCUT2D eigenvalue weighted by Gasteiger charge is 2.16. The molecule has 5 heteroatoms. The molecule has 0 radical (unpaired) electrons. The van der Waals surface area contributed by atoms with Gasteiger partial charge in [-0.2, -0.15) is 0 Å². The van der Waals surface area contributed by atoms with E-state index in [2.05, 4.69) is 5.32 Å². The quantitative estimate of drug-likeness (QED) is 0.884. The number of rotatable bonds is 4. The van der Waals surface area contributed by atoms with E-state index < -0.39 is 0 Å². The van der Waals surface area contributed by atoms with Crippen LogP contribution in [0.1, 0.15) is 12.8 Å². The largest absolute Gasteiger partial charge is 0.484 e. The maximum absolute atomic E-state index is 12.6. The van der Waals surface area contributed by atoms with Gasteiger partial charge < -0.3 is 14.8 Å². The van der Waals surface area contributed by atoms with Crippen molar-refractivity contribution in [2.45, 2.75) is 18.9 Å². The molecule has 98 valence electrons. The minimum absolute atomic E-state index is 0.0673. The molecular formula is C13H16FNO3. The summed E-state index contributed by atoms with van der Waals surface area (Å²) in [6.45, 7) is 1.25. The fourth-order valence-corrected chi connectivity index (χ4v) is 1.80. The number of amides is 1. The van der Waals surface area contributed by atoms with Crippen molar-refractivity contribution in [2.24, 2.45) is 0 Å². The lowest BCUT2D eigenvalue weighted by molar-refractivity contribution is -0.124. The first-order valence-corrected chi connectivity index (χ1v) is 5.99. The van der Waals surface area contributed by atoms with Gasteiger partial charge in [-0.3, -0.25) is 4.79 Å². The molecule has 0 saturated carbocycles. The molecule has 1 unspecified atom stereocenters. The SMILES string of the molecule is O=C(COc1ccc(F)cc1)NC1CCCOC1. The molecule has 0 aromatic heterocycles. The predicted octanol–water partition coefficient (Wildman–Crippen LogP) is 1.50. The highest BCUT2D eigenvalue weighted by Crippen LogP contribution is 2.11. The Balaban J connectivity index is 1.72. The molecule has 1 aliphatic rings. The molecule has 0 bridgehead atoms. The van der Waals surface area contributed by atoms with Crippen LogP contribution in [0.5, 0.6) is 5.75 Å². The van der Waals surface area contributed by atoms with Crippen molar-refractivity contribution in [1.82, 2.24) is 5.32 Å². The number of ether oxygens (including phenoxy) is 2. The molecule has 4 nitrogen and oxygen atoms in total. The van der Waals surface area contributed by atoms with Crippen LogP contribution < -0.4 is 10.1 Å². The van der Waals surface area contributed by atoms with Crippen LogP contribution in [0.4, 0.5) is 4.39 Å². The van der Waals surface area contributed by atoms with Crippen molar-refractivity contribution >= 4 is 5.91 Å². The standard InChI is InChI=1S/C13H16FNO3/c14-10-3-5-12(6-4-10)18-9-13(16)15-11-2-1-7-17-8-11/h3-6,11H,1-2,7-9H2,(H,15,16). The van der Waals surface area contributed by atoms with Crippen molar-refractivity contribution in [3.05, 3.63) is 30.1 Å². The number of carbonyl (C=O) groups excluding carboxylic acids is 1. The van der Waals surface area contributed by atoms with Crippen LogP contribution in [0.2, 0.25) is 0 Å². The molecule has 1 fully saturated rings. The Morgan fingerprint density at radius 1 is 1.44 bits per heavy atom. The number of halogens is 1. The summed E-state index contributed by atoms with van der Waals surface area (Å²) >= 11 is 0. The van der Waals surface area contributed by atoms with Crippen molar-refractivity contribution in [1.29, 1.82) is 0 Å². The summed E-state index contributed by atoms with van der Waals surface area (Å²) in [6.07, 6.45) is 1.89. The molecule has 1 amide bonds. The van der Waals surface area contributed by atoms with Gasteiger partial charge in [-0.15, -0.1) is 0 Å². The van der Waals surface area contributed by atoms with E-state index >= 15 is 0 Å². The highest BCUT2D eigenvalue weighted by atomic mass is 19.1. The maximum Gasteiger partial charge on any atom is 0.258 e. The Morgan fingerprint density at radius 2 is 2.22 bits per heavy atom. The lowest BCUT2D eigenvalue weighted by Gasteiger charge is -2.23. The molecule has 2 rings (SSSR count). The third kappa shape index (κ3) is 4.00. The van der Waals surface area contributed by atoms with Crippen molar-refractivity contribution in [2.75, 3.05) is 19.8 Å². The zero-order valence-electron chi connectivity index (χ0n) is 10.0. The Kier molecular flexibility index (Phi) is 4.52. The third-order valence-electron chi connectivity index (χ3n) is 2.71. The van der Waals surface area contributed by atoms with Gasteiger partial charge in [0.15, 0.2) is 6.61 Å². The number of benzene rings is 1. The Morgan fingerprint density at radius 3 is 2.89 bits per heavy atom. The Labute approximate surface area is 105 Å². The maximum atomic E-state index is 12.6. The van der Waals surface area contributed by atoms with E-state index in [1.165, 1.54) is 24.3 Å². The summed E-state index contributed by atoms with van der Waals surface area (Å²) in [5, 5.41) is 2.84. The summed E-state index contributed by atoms with van der Waals surface area (Å²) in [7, 11) is 0. The van der Waals surface area contributed by atoms with Crippen molar-refractivity contribution < 1.29 is 18.7 Å². The monoisotopic (exact) mass is 253 g/mol. The summed E-state index contributed by atoms with van der Waals surface area (Å²) < 4.78 is 23.2. The Hall–Kier alpha value is -1.62. The van der Waals surface area contributed by atoms with E-state index in [9.17, 15) is 9.18 Å². The fraction of sp³-hybridized carbons (Fsp3) is 0.462. The summed E-state index contributed by atoms with van der Waals surface area (Å²) in [5.74, 6) is -0.0348. The molecule has 1 aromatic rings. The van der Waals surface area contributed by atoms with Gasteiger partial charge in [-0.1, -0.05) is 0 Å². The topological polar surface area (TPSA) is 47.6 Å². The van der Waals surface area contributed by atoms with Gasteiger partial charge in [0.1, 0.15) is 11.6 Å². The first kappa shape index (κ1) is 12.8. The molecule has 1 saturated heterocycles. The fourth-order valence-electron chi connectivity index (χ4n) is 1.80. The minimum atomic E-state index is -0.328. The van der Waals surface area contributed by atoms with Gasteiger partial charge >= 0.3 is 0 Å². The molecule has 1 N–H and O–H groups in total. The van der Waals surface area contributed by atoms with Crippen LogP contribution in [0.15, 0.2) is 24.3 Å². The lowest BCUT2D eigenvalue weighted by Crippen LogP contribution is -2.42. The highest BCUT2D eigenvalue weighted by molar-refractivity contribution is 5.77. The lowest BCUT2D eigenvalue weighted by atomic mass is 10.1. The van der Waals surface area contributed by atoms with Crippen LogP contribution in [-0.4, -0.2) is 31.8 Å². The van der Waals surface area contributed by atoms with Gasteiger partial charge in [0, 0.05) is 6.61 Å². The van der Waals surface area contributed by atoms with Crippen LogP contribution in [0, 0.1) is 5.82 Å².